The molecule has 0 radical (unpaired) electrons. The van der Waals surface area contributed by atoms with Crippen molar-refractivity contribution in [2.24, 2.45) is 0 Å². The van der Waals surface area contributed by atoms with Gasteiger partial charge in [0.1, 0.15) is 11.8 Å². The molecule has 4 N–H and O–H groups in total. The molecule has 0 spiro atoms. The first-order valence-corrected chi connectivity index (χ1v) is 6.54. The molecular formula is C14H23N3O2. The van der Waals surface area contributed by atoms with Crippen LogP contribution in [0.2, 0.25) is 0 Å². The van der Waals surface area contributed by atoms with Crippen molar-refractivity contribution in [2.45, 2.75) is 39.8 Å². The smallest absolute Gasteiger partial charge is 0.242 e. The zero-order valence-electron chi connectivity index (χ0n) is 12.0. The minimum absolute atomic E-state index is 0.0364. The first-order chi connectivity index (χ1) is 8.93. The van der Waals surface area contributed by atoms with Crippen LogP contribution in [0.25, 0.3) is 0 Å². The summed E-state index contributed by atoms with van der Waals surface area (Å²) in [6, 6.07) is 5.10. The highest BCUT2D eigenvalue weighted by Gasteiger charge is 2.12. The molecule has 0 bridgehead atoms. The van der Waals surface area contributed by atoms with E-state index >= 15 is 0 Å². The van der Waals surface area contributed by atoms with E-state index in [1.807, 2.05) is 39.8 Å². The number of amides is 1. The fourth-order valence-corrected chi connectivity index (χ4v) is 1.62. The SMILES string of the molecule is CCNC(=O)C(C)Nc1ccc(N)c(OC(C)C)c1. The Morgan fingerprint density at radius 1 is 1.37 bits per heavy atom. The van der Waals surface area contributed by atoms with Crippen LogP contribution in [0, 0.1) is 0 Å². The molecule has 0 aliphatic heterocycles. The number of anilines is 2. The van der Waals surface area contributed by atoms with E-state index < -0.39 is 0 Å². The average molecular weight is 265 g/mol. The van der Waals surface area contributed by atoms with E-state index in [1.165, 1.54) is 0 Å². The lowest BCUT2D eigenvalue weighted by Gasteiger charge is -2.17. The minimum atomic E-state index is -0.310. The zero-order chi connectivity index (χ0) is 14.4. The molecule has 1 rings (SSSR count). The highest BCUT2D eigenvalue weighted by molar-refractivity contribution is 5.84. The largest absolute Gasteiger partial charge is 0.489 e. The Labute approximate surface area is 114 Å². The number of benzene rings is 1. The number of nitrogens with two attached hydrogens (primary N) is 1. The van der Waals surface area contributed by atoms with Crippen molar-refractivity contribution in [1.29, 1.82) is 0 Å². The first-order valence-electron chi connectivity index (χ1n) is 6.54. The normalized spacial score (nSPS) is 12.1. The van der Waals surface area contributed by atoms with Crippen molar-refractivity contribution in [1.82, 2.24) is 5.32 Å². The average Bonchev–Trinajstić information content (AvgIpc) is 2.33. The highest BCUT2D eigenvalue weighted by Crippen LogP contribution is 2.26. The summed E-state index contributed by atoms with van der Waals surface area (Å²) in [6.45, 7) is 8.20. The molecule has 0 saturated heterocycles. The second-order valence-electron chi connectivity index (χ2n) is 4.68. The lowest BCUT2D eigenvalue weighted by Crippen LogP contribution is -2.37. The van der Waals surface area contributed by atoms with Gasteiger partial charge < -0.3 is 21.1 Å². The van der Waals surface area contributed by atoms with Crippen molar-refractivity contribution in [3.05, 3.63) is 18.2 Å². The second-order valence-corrected chi connectivity index (χ2v) is 4.68. The monoisotopic (exact) mass is 265 g/mol. The van der Waals surface area contributed by atoms with Gasteiger partial charge in [0.05, 0.1) is 11.8 Å². The quantitative estimate of drug-likeness (QED) is 0.688. The Bertz CT molecular complexity index is 433. The lowest BCUT2D eigenvalue weighted by molar-refractivity contribution is -0.121. The van der Waals surface area contributed by atoms with Gasteiger partial charge in [-0.05, 0) is 39.8 Å². The predicted molar refractivity (Wildman–Crippen MR) is 78.4 cm³/mol. The number of rotatable bonds is 6. The highest BCUT2D eigenvalue weighted by atomic mass is 16.5. The molecule has 1 unspecified atom stereocenters. The molecule has 5 heteroatoms. The molecule has 0 aromatic heterocycles. The number of carbonyl (C=O) groups is 1. The molecule has 0 heterocycles. The summed E-state index contributed by atoms with van der Waals surface area (Å²) >= 11 is 0. The number of carbonyl (C=O) groups excluding carboxylic acids is 1. The number of ether oxygens (including phenoxy) is 1. The molecular weight excluding hydrogens is 242 g/mol. The van der Waals surface area contributed by atoms with E-state index in [2.05, 4.69) is 10.6 Å². The standard InChI is InChI=1S/C14H23N3O2/c1-5-16-14(18)10(4)17-11-6-7-12(15)13(8-11)19-9(2)3/h6-10,17H,5,15H2,1-4H3,(H,16,18). The summed E-state index contributed by atoms with van der Waals surface area (Å²) in [7, 11) is 0. The molecule has 1 aromatic carbocycles. The van der Waals surface area contributed by atoms with Gasteiger partial charge in [-0.1, -0.05) is 0 Å². The fraction of sp³-hybridized carbons (Fsp3) is 0.500. The number of hydrogen-bond donors (Lipinski definition) is 3. The van der Waals surface area contributed by atoms with Gasteiger partial charge in [0, 0.05) is 18.3 Å². The topological polar surface area (TPSA) is 76.4 Å². The van der Waals surface area contributed by atoms with Gasteiger partial charge in [0.25, 0.3) is 0 Å². The molecule has 1 amide bonds. The molecule has 0 fully saturated rings. The number of nitrogen functional groups attached to an aromatic ring is 1. The maximum atomic E-state index is 11.6. The van der Waals surface area contributed by atoms with Gasteiger partial charge in [-0.25, -0.2) is 0 Å². The molecule has 0 aliphatic rings. The number of nitrogens with one attached hydrogen (secondary N) is 2. The molecule has 0 aliphatic carbocycles. The van der Waals surface area contributed by atoms with Crippen molar-refractivity contribution in [3.8, 4) is 5.75 Å². The van der Waals surface area contributed by atoms with Crippen LogP contribution in [0.5, 0.6) is 5.75 Å². The predicted octanol–water partition coefficient (Wildman–Crippen LogP) is 1.99. The number of hydrogen-bond acceptors (Lipinski definition) is 4. The van der Waals surface area contributed by atoms with Crippen LogP contribution in [0.3, 0.4) is 0 Å². The van der Waals surface area contributed by atoms with Gasteiger partial charge in [-0.15, -0.1) is 0 Å². The second kappa shape index (κ2) is 6.87. The summed E-state index contributed by atoms with van der Waals surface area (Å²) in [5.41, 5.74) is 7.24. The third-order valence-electron chi connectivity index (χ3n) is 2.50. The van der Waals surface area contributed by atoms with Crippen molar-refractivity contribution < 1.29 is 9.53 Å². The summed E-state index contributed by atoms with van der Waals surface area (Å²) in [4.78, 5) is 11.6. The Hall–Kier alpha value is -1.91. The van der Waals surface area contributed by atoms with Crippen LogP contribution in [-0.4, -0.2) is 24.6 Å². The summed E-state index contributed by atoms with van der Waals surface area (Å²) in [5.74, 6) is 0.591. The Kier molecular flexibility index (Phi) is 5.48. The van der Waals surface area contributed by atoms with Crippen LogP contribution in [0.4, 0.5) is 11.4 Å². The van der Waals surface area contributed by atoms with Gasteiger partial charge >= 0.3 is 0 Å². The minimum Gasteiger partial charge on any atom is -0.489 e. The maximum absolute atomic E-state index is 11.6. The molecule has 5 nitrogen and oxygen atoms in total. The van der Waals surface area contributed by atoms with Crippen LogP contribution >= 0.6 is 0 Å². The van der Waals surface area contributed by atoms with Crippen LogP contribution in [0.1, 0.15) is 27.7 Å². The van der Waals surface area contributed by atoms with E-state index in [1.54, 1.807) is 6.07 Å². The summed E-state index contributed by atoms with van der Waals surface area (Å²) in [5, 5.41) is 5.89. The molecule has 1 aromatic rings. The Balaban J connectivity index is 2.76. The summed E-state index contributed by atoms with van der Waals surface area (Å²) in [6.07, 6.45) is 0.0540. The molecule has 0 saturated carbocycles. The fourth-order valence-electron chi connectivity index (χ4n) is 1.62. The van der Waals surface area contributed by atoms with Crippen molar-refractivity contribution in [3.63, 3.8) is 0 Å². The lowest BCUT2D eigenvalue weighted by atomic mass is 10.2. The van der Waals surface area contributed by atoms with E-state index in [9.17, 15) is 4.79 Å². The molecule has 1 atom stereocenters. The molecule has 19 heavy (non-hydrogen) atoms. The van der Waals surface area contributed by atoms with Crippen LogP contribution < -0.4 is 21.1 Å². The van der Waals surface area contributed by atoms with Gasteiger partial charge in [0.15, 0.2) is 0 Å². The summed E-state index contributed by atoms with van der Waals surface area (Å²) < 4.78 is 5.61. The Morgan fingerprint density at radius 3 is 2.63 bits per heavy atom. The molecule has 106 valence electrons. The van der Waals surface area contributed by atoms with E-state index in [0.29, 0.717) is 18.0 Å². The van der Waals surface area contributed by atoms with E-state index in [4.69, 9.17) is 10.5 Å². The van der Waals surface area contributed by atoms with Crippen LogP contribution in [0.15, 0.2) is 18.2 Å². The zero-order valence-corrected chi connectivity index (χ0v) is 12.0. The first kappa shape index (κ1) is 15.1. The van der Waals surface area contributed by atoms with Crippen LogP contribution in [-0.2, 0) is 4.79 Å². The maximum Gasteiger partial charge on any atom is 0.242 e. The number of likely N-dealkylation sites (N-methyl/N-ethyl adjacent to an activating group) is 1. The third kappa shape index (κ3) is 4.69. The van der Waals surface area contributed by atoms with Crippen molar-refractivity contribution in [2.75, 3.05) is 17.6 Å². The van der Waals surface area contributed by atoms with E-state index in [-0.39, 0.29) is 18.1 Å². The Morgan fingerprint density at radius 2 is 2.05 bits per heavy atom. The van der Waals surface area contributed by atoms with Gasteiger partial charge in [-0.2, -0.15) is 0 Å². The van der Waals surface area contributed by atoms with Crippen molar-refractivity contribution >= 4 is 17.3 Å². The van der Waals surface area contributed by atoms with Gasteiger partial charge in [-0.3, -0.25) is 4.79 Å². The van der Waals surface area contributed by atoms with E-state index in [0.717, 1.165) is 5.69 Å². The van der Waals surface area contributed by atoms with Gasteiger partial charge in [0.2, 0.25) is 5.91 Å². The third-order valence-corrected chi connectivity index (χ3v) is 2.50.